The summed E-state index contributed by atoms with van der Waals surface area (Å²) >= 11 is 6.13. The number of nitrogens with one attached hydrogen (secondary N) is 2. The Hall–Kier alpha value is -2.13. The standard InChI is InChI=1S/C18H20ClN3O4S/c1-13-3-2-4-14(11-13)20-18(23)21-17-12-15(5-6-16(17)19)27(24,25)22-7-9-26-10-8-22/h2-6,11-12H,7-10H2,1H3,(H2,20,21,23). The van der Waals surface area contributed by atoms with Gasteiger partial charge in [0.2, 0.25) is 10.0 Å². The van der Waals surface area contributed by atoms with Gasteiger partial charge in [-0.25, -0.2) is 13.2 Å². The van der Waals surface area contributed by atoms with Gasteiger partial charge in [0, 0.05) is 18.8 Å². The summed E-state index contributed by atoms with van der Waals surface area (Å²) in [6, 6.07) is 11.1. The van der Waals surface area contributed by atoms with E-state index in [2.05, 4.69) is 10.6 Å². The molecule has 2 amide bonds. The normalized spacial score (nSPS) is 15.3. The summed E-state index contributed by atoms with van der Waals surface area (Å²) in [5.41, 5.74) is 1.85. The van der Waals surface area contributed by atoms with Gasteiger partial charge < -0.3 is 15.4 Å². The molecule has 0 radical (unpaired) electrons. The molecule has 2 aromatic rings. The van der Waals surface area contributed by atoms with Crippen LogP contribution >= 0.6 is 11.6 Å². The van der Waals surface area contributed by atoms with Crippen LogP contribution in [0.15, 0.2) is 47.4 Å². The first kappa shape index (κ1) is 19.6. The van der Waals surface area contributed by atoms with Gasteiger partial charge in [-0.3, -0.25) is 0 Å². The van der Waals surface area contributed by atoms with Gasteiger partial charge in [0.1, 0.15) is 0 Å². The molecule has 0 unspecified atom stereocenters. The number of sulfonamides is 1. The topological polar surface area (TPSA) is 87.7 Å². The zero-order chi connectivity index (χ0) is 19.4. The summed E-state index contributed by atoms with van der Waals surface area (Å²) in [5, 5.41) is 5.54. The number of carbonyl (C=O) groups excluding carboxylic acids is 1. The molecule has 0 saturated carbocycles. The van der Waals surface area contributed by atoms with Crippen LogP contribution in [-0.4, -0.2) is 45.1 Å². The van der Waals surface area contributed by atoms with Gasteiger partial charge in [0.25, 0.3) is 0 Å². The maximum absolute atomic E-state index is 12.8. The highest BCUT2D eigenvalue weighted by Gasteiger charge is 2.27. The number of urea groups is 1. The van der Waals surface area contributed by atoms with E-state index in [9.17, 15) is 13.2 Å². The maximum Gasteiger partial charge on any atom is 0.323 e. The van der Waals surface area contributed by atoms with Crippen LogP contribution in [-0.2, 0) is 14.8 Å². The zero-order valence-corrected chi connectivity index (χ0v) is 16.3. The lowest BCUT2D eigenvalue weighted by molar-refractivity contribution is 0.0730. The van der Waals surface area contributed by atoms with Crippen molar-refractivity contribution in [1.82, 2.24) is 4.31 Å². The number of aryl methyl sites for hydroxylation is 1. The maximum atomic E-state index is 12.8. The van der Waals surface area contributed by atoms with Gasteiger partial charge in [0.15, 0.2) is 0 Å². The monoisotopic (exact) mass is 409 g/mol. The summed E-state index contributed by atoms with van der Waals surface area (Å²) in [6.45, 7) is 3.22. The Morgan fingerprint density at radius 1 is 1.11 bits per heavy atom. The lowest BCUT2D eigenvalue weighted by Gasteiger charge is -2.26. The molecule has 1 aliphatic rings. The fourth-order valence-electron chi connectivity index (χ4n) is 2.70. The third kappa shape index (κ3) is 4.78. The molecule has 3 rings (SSSR count). The highest BCUT2D eigenvalue weighted by molar-refractivity contribution is 7.89. The fraction of sp³-hybridized carbons (Fsp3) is 0.278. The van der Waals surface area contributed by atoms with Crippen LogP contribution in [0.2, 0.25) is 5.02 Å². The number of anilines is 2. The van der Waals surface area contributed by atoms with E-state index in [4.69, 9.17) is 16.3 Å². The Morgan fingerprint density at radius 2 is 1.85 bits per heavy atom. The third-order valence-electron chi connectivity index (χ3n) is 4.07. The Labute approximate surface area is 163 Å². The van der Waals surface area contributed by atoms with E-state index < -0.39 is 16.1 Å². The van der Waals surface area contributed by atoms with Crippen LogP contribution in [0, 0.1) is 6.92 Å². The zero-order valence-electron chi connectivity index (χ0n) is 14.7. The van der Waals surface area contributed by atoms with E-state index in [1.165, 1.54) is 22.5 Å². The van der Waals surface area contributed by atoms with Crippen LogP contribution in [0.3, 0.4) is 0 Å². The molecule has 0 bridgehead atoms. The fourth-order valence-corrected chi connectivity index (χ4v) is 4.30. The summed E-state index contributed by atoms with van der Waals surface area (Å²) in [4.78, 5) is 12.3. The van der Waals surface area contributed by atoms with Gasteiger partial charge in [0.05, 0.1) is 28.8 Å². The predicted molar refractivity (Wildman–Crippen MR) is 105 cm³/mol. The number of hydrogen-bond acceptors (Lipinski definition) is 4. The van der Waals surface area contributed by atoms with E-state index in [-0.39, 0.29) is 15.6 Å². The SMILES string of the molecule is Cc1cccc(NC(=O)Nc2cc(S(=O)(=O)N3CCOCC3)ccc2Cl)c1. The Morgan fingerprint density at radius 3 is 2.56 bits per heavy atom. The molecule has 1 saturated heterocycles. The van der Waals surface area contributed by atoms with Crippen LogP contribution in [0.5, 0.6) is 0 Å². The van der Waals surface area contributed by atoms with Crippen molar-refractivity contribution in [2.45, 2.75) is 11.8 Å². The first-order valence-electron chi connectivity index (χ1n) is 8.38. The first-order chi connectivity index (χ1) is 12.9. The van der Waals surface area contributed by atoms with Gasteiger partial charge >= 0.3 is 6.03 Å². The Kier molecular flexibility index (Phi) is 6.01. The molecule has 1 fully saturated rings. The average Bonchev–Trinajstić information content (AvgIpc) is 2.64. The van der Waals surface area contributed by atoms with E-state index in [0.29, 0.717) is 32.0 Å². The molecular weight excluding hydrogens is 390 g/mol. The van der Waals surface area contributed by atoms with Crippen LogP contribution < -0.4 is 10.6 Å². The highest BCUT2D eigenvalue weighted by atomic mass is 35.5. The predicted octanol–water partition coefficient (Wildman–Crippen LogP) is 3.31. The molecule has 2 aromatic carbocycles. The summed E-state index contributed by atoms with van der Waals surface area (Å²) in [7, 11) is -3.68. The van der Waals surface area contributed by atoms with Gasteiger partial charge in [-0.15, -0.1) is 0 Å². The minimum absolute atomic E-state index is 0.0691. The van der Waals surface area contributed by atoms with E-state index in [1.807, 2.05) is 25.1 Å². The minimum Gasteiger partial charge on any atom is -0.379 e. The number of ether oxygens (including phenoxy) is 1. The average molecular weight is 410 g/mol. The molecule has 0 aromatic heterocycles. The van der Waals surface area contributed by atoms with Crippen molar-refractivity contribution in [2.75, 3.05) is 36.9 Å². The smallest absolute Gasteiger partial charge is 0.323 e. The van der Waals surface area contributed by atoms with E-state index >= 15 is 0 Å². The van der Waals surface area contributed by atoms with Crippen molar-refractivity contribution in [2.24, 2.45) is 0 Å². The third-order valence-corrected chi connectivity index (χ3v) is 6.29. The molecule has 7 nitrogen and oxygen atoms in total. The summed E-state index contributed by atoms with van der Waals surface area (Å²) < 4.78 is 32.1. The number of amides is 2. The molecule has 27 heavy (non-hydrogen) atoms. The number of benzene rings is 2. The molecule has 0 atom stereocenters. The van der Waals surface area contributed by atoms with Crippen LogP contribution in [0.1, 0.15) is 5.56 Å². The van der Waals surface area contributed by atoms with Crippen molar-refractivity contribution < 1.29 is 17.9 Å². The second-order valence-corrected chi connectivity index (χ2v) is 8.45. The largest absolute Gasteiger partial charge is 0.379 e. The lowest BCUT2D eigenvalue weighted by Crippen LogP contribution is -2.40. The first-order valence-corrected chi connectivity index (χ1v) is 10.2. The van der Waals surface area contributed by atoms with Crippen LogP contribution in [0.25, 0.3) is 0 Å². The summed E-state index contributed by atoms with van der Waals surface area (Å²) in [5.74, 6) is 0. The van der Waals surface area contributed by atoms with Crippen LogP contribution in [0.4, 0.5) is 16.2 Å². The number of morpholine rings is 1. The molecule has 9 heteroatoms. The quantitative estimate of drug-likeness (QED) is 0.810. The van der Waals surface area contributed by atoms with Crippen molar-refractivity contribution in [3.05, 3.63) is 53.1 Å². The molecule has 0 spiro atoms. The van der Waals surface area contributed by atoms with E-state index in [1.54, 1.807) is 6.07 Å². The molecule has 2 N–H and O–H groups in total. The van der Waals surface area contributed by atoms with E-state index in [0.717, 1.165) is 5.56 Å². The molecular formula is C18H20ClN3O4S. The van der Waals surface area contributed by atoms with Gasteiger partial charge in [-0.05, 0) is 42.8 Å². The Bertz CT molecular complexity index is 943. The van der Waals surface area contributed by atoms with Gasteiger partial charge in [-0.1, -0.05) is 23.7 Å². The second kappa shape index (κ2) is 8.26. The molecule has 1 aliphatic heterocycles. The number of nitrogens with zero attached hydrogens (tertiary/aromatic N) is 1. The highest BCUT2D eigenvalue weighted by Crippen LogP contribution is 2.27. The number of halogens is 1. The number of hydrogen-bond donors (Lipinski definition) is 2. The van der Waals surface area contributed by atoms with Crippen molar-refractivity contribution in [1.29, 1.82) is 0 Å². The number of rotatable bonds is 4. The van der Waals surface area contributed by atoms with Gasteiger partial charge in [-0.2, -0.15) is 4.31 Å². The second-order valence-electron chi connectivity index (χ2n) is 6.11. The minimum atomic E-state index is -3.68. The van der Waals surface area contributed by atoms with Crippen molar-refractivity contribution in [3.63, 3.8) is 0 Å². The number of carbonyl (C=O) groups is 1. The lowest BCUT2D eigenvalue weighted by atomic mass is 10.2. The van der Waals surface area contributed by atoms with Crippen molar-refractivity contribution in [3.8, 4) is 0 Å². The van der Waals surface area contributed by atoms with Crippen molar-refractivity contribution >= 4 is 39.0 Å². The Balaban J connectivity index is 1.78. The molecule has 0 aliphatic carbocycles. The molecule has 1 heterocycles. The summed E-state index contributed by atoms with van der Waals surface area (Å²) in [6.07, 6.45) is 0. The molecule has 144 valence electrons.